The van der Waals surface area contributed by atoms with E-state index in [2.05, 4.69) is 9.97 Å². The van der Waals surface area contributed by atoms with Crippen molar-refractivity contribution in [2.24, 2.45) is 5.92 Å². The second-order valence-corrected chi connectivity index (χ2v) is 6.39. The van der Waals surface area contributed by atoms with Crippen LogP contribution in [0, 0.1) is 17.6 Å². The van der Waals surface area contributed by atoms with E-state index in [9.17, 15) is 13.6 Å². The molecule has 4 rings (SSSR count). The van der Waals surface area contributed by atoms with Gasteiger partial charge in [-0.05, 0) is 31.0 Å². The minimum Gasteiger partial charge on any atom is -0.494 e. The first-order chi connectivity index (χ1) is 12.6. The fraction of sp³-hybridized carbons (Fsp3) is 0.250. The molecule has 0 atom stereocenters. The lowest BCUT2D eigenvalue weighted by Gasteiger charge is -2.11. The summed E-state index contributed by atoms with van der Waals surface area (Å²) in [6.07, 6.45) is 3.61. The Morgan fingerprint density at radius 3 is 2.69 bits per heavy atom. The van der Waals surface area contributed by atoms with Gasteiger partial charge in [-0.1, -0.05) is 12.1 Å². The number of rotatable bonds is 5. The SMILES string of the molecule is COc1ccc(-c2cccc(F)c2F)c2ncc(CC(=O)C3CC3)nc12. The molecule has 0 aliphatic heterocycles. The van der Waals surface area contributed by atoms with Crippen molar-refractivity contribution >= 4 is 16.8 Å². The summed E-state index contributed by atoms with van der Waals surface area (Å²) in [5, 5.41) is 0. The molecule has 0 radical (unpaired) electrons. The van der Waals surface area contributed by atoms with Crippen LogP contribution in [0.25, 0.3) is 22.2 Å². The molecular formula is C20H16F2N2O2. The monoisotopic (exact) mass is 354 g/mol. The first-order valence-corrected chi connectivity index (χ1v) is 8.38. The highest BCUT2D eigenvalue weighted by Crippen LogP contribution is 2.35. The number of halogens is 2. The van der Waals surface area contributed by atoms with Crippen LogP contribution in [0.2, 0.25) is 0 Å². The molecule has 1 fully saturated rings. The van der Waals surface area contributed by atoms with Gasteiger partial charge in [0, 0.05) is 23.2 Å². The maximum absolute atomic E-state index is 14.2. The Morgan fingerprint density at radius 2 is 1.96 bits per heavy atom. The highest BCUT2D eigenvalue weighted by Gasteiger charge is 2.29. The number of hydrogen-bond donors (Lipinski definition) is 0. The average Bonchev–Trinajstić information content (AvgIpc) is 3.48. The number of carbonyl (C=O) groups is 1. The molecule has 2 aromatic carbocycles. The van der Waals surface area contributed by atoms with Gasteiger partial charge in [0.2, 0.25) is 0 Å². The summed E-state index contributed by atoms with van der Waals surface area (Å²) < 4.78 is 33.2. The Balaban J connectivity index is 1.85. The molecule has 0 unspecified atom stereocenters. The molecule has 26 heavy (non-hydrogen) atoms. The number of ether oxygens (including phenoxy) is 1. The molecule has 1 heterocycles. The third-order valence-corrected chi connectivity index (χ3v) is 4.56. The van der Waals surface area contributed by atoms with Gasteiger partial charge in [0.15, 0.2) is 11.6 Å². The summed E-state index contributed by atoms with van der Waals surface area (Å²) in [6, 6.07) is 7.27. The fourth-order valence-corrected chi connectivity index (χ4v) is 3.02. The number of hydrogen-bond acceptors (Lipinski definition) is 4. The zero-order chi connectivity index (χ0) is 18.3. The molecule has 0 spiro atoms. The van der Waals surface area contributed by atoms with Gasteiger partial charge in [0.1, 0.15) is 22.6 Å². The van der Waals surface area contributed by atoms with Crippen molar-refractivity contribution in [3.63, 3.8) is 0 Å². The van der Waals surface area contributed by atoms with E-state index >= 15 is 0 Å². The van der Waals surface area contributed by atoms with Crippen molar-refractivity contribution in [3.05, 3.63) is 53.9 Å². The first-order valence-electron chi connectivity index (χ1n) is 8.38. The van der Waals surface area contributed by atoms with Crippen LogP contribution in [0.1, 0.15) is 18.5 Å². The quantitative estimate of drug-likeness (QED) is 0.692. The number of fused-ring (bicyclic) bond motifs is 1. The number of ketones is 1. The number of methoxy groups -OCH3 is 1. The first kappa shape index (κ1) is 16.6. The van der Waals surface area contributed by atoms with Crippen LogP contribution in [0.5, 0.6) is 5.75 Å². The summed E-state index contributed by atoms with van der Waals surface area (Å²) in [5.41, 5.74) is 1.90. The van der Waals surface area contributed by atoms with Crippen LogP contribution in [0.15, 0.2) is 36.5 Å². The molecule has 1 aliphatic carbocycles. The molecule has 1 aromatic heterocycles. The standard InChI is InChI=1S/C20H16F2N2O2/c1-26-17-8-7-14(13-3-2-4-15(21)18(13)22)19-20(17)24-12(10-23-19)9-16(25)11-5-6-11/h2-4,7-8,10-11H,5-6,9H2,1H3. The fourth-order valence-electron chi connectivity index (χ4n) is 3.02. The summed E-state index contributed by atoms with van der Waals surface area (Å²) in [7, 11) is 1.50. The van der Waals surface area contributed by atoms with Crippen molar-refractivity contribution in [3.8, 4) is 16.9 Å². The topological polar surface area (TPSA) is 52.1 Å². The van der Waals surface area contributed by atoms with Crippen LogP contribution in [-0.2, 0) is 11.2 Å². The van der Waals surface area contributed by atoms with Gasteiger partial charge in [0.25, 0.3) is 0 Å². The van der Waals surface area contributed by atoms with Gasteiger partial charge in [0.05, 0.1) is 19.2 Å². The van der Waals surface area contributed by atoms with E-state index in [4.69, 9.17) is 4.74 Å². The molecule has 6 heteroatoms. The van der Waals surface area contributed by atoms with Gasteiger partial charge in [-0.25, -0.2) is 13.8 Å². The van der Waals surface area contributed by atoms with Gasteiger partial charge < -0.3 is 4.74 Å². The van der Waals surface area contributed by atoms with Crippen molar-refractivity contribution in [2.45, 2.75) is 19.3 Å². The Bertz CT molecular complexity index is 1020. The molecular weight excluding hydrogens is 338 g/mol. The maximum atomic E-state index is 14.2. The Morgan fingerprint density at radius 1 is 1.15 bits per heavy atom. The molecule has 0 saturated heterocycles. The third-order valence-electron chi connectivity index (χ3n) is 4.56. The molecule has 1 aliphatic rings. The molecule has 0 bridgehead atoms. The predicted octanol–water partition coefficient (Wildman–Crippen LogP) is 4.11. The maximum Gasteiger partial charge on any atom is 0.166 e. The molecule has 132 valence electrons. The van der Waals surface area contributed by atoms with Gasteiger partial charge >= 0.3 is 0 Å². The largest absolute Gasteiger partial charge is 0.494 e. The van der Waals surface area contributed by atoms with Crippen molar-refractivity contribution in [1.82, 2.24) is 9.97 Å². The second kappa shape index (κ2) is 6.44. The van der Waals surface area contributed by atoms with E-state index in [1.54, 1.807) is 12.1 Å². The Labute approximate surface area is 148 Å². The molecule has 0 N–H and O–H groups in total. The van der Waals surface area contributed by atoms with Gasteiger partial charge in [-0.3, -0.25) is 9.78 Å². The Hall–Kier alpha value is -2.89. The summed E-state index contributed by atoms with van der Waals surface area (Å²) in [5.74, 6) is -1.10. The van der Waals surface area contributed by atoms with Crippen molar-refractivity contribution in [1.29, 1.82) is 0 Å². The van der Waals surface area contributed by atoms with E-state index in [-0.39, 0.29) is 23.7 Å². The van der Waals surface area contributed by atoms with Gasteiger partial charge in [-0.15, -0.1) is 0 Å². The second-order valence-electron chi connectivity index (χ2n) is 6.39. The minimum atomic E-state index is -0.936. The summed E-state index contributed by atoms with van der Waals surface area (Å²) in [4.78, 5) is 20.9. The zero-order valence-electron chi connectivity index (χ0n) is 14.1. The summed E-state index contributed by atoms with van der Waals surface area (Å²) >= 11 is 0. The highest BCUT2D eigenvalue weighted by molar-refractivity contribution is 5.95. The lowest BCUT2D eigenvalue weighted by molar-refractivity contribution is -0.119. The molecule has 0 amide bonds. The summed E-state index contributed by atoms with van der Waals surface area (Å²) in [6.45, 7) is 0. The van der Waals surface area contributed by atoms with Crippen LogP contribution in [0.3, 0.4) is 0 Å². The average molecular weight is 354 g/mol. The molecule has 3 aromatic rings. The lowest BCUT2D eigenvalue weighted by Crippen LogP contribution is -2.07. The van der Waals surface area contributed by atoms with Crippen LogP contribution in [-0.4, -0.2) is 22.9 Å². The smallest absolute Gasteiger partial charge is 0.166 e. The number of carbonyl (C=O) groups excluding carboxylic acids is 1. The van der Waals surface area contributed by atoms with Crippen molar-refractivity contribution < 1.29 is 18.3 Å². The van der Waals surface area contributed by atoms with Crippen molar-refractivity contribution in [2.75, 3.05) is 7.11 Å². The van der Waals surface area contributed by atoms with E-state index in [1.165, 1.54) is 25.4 Å². The van der Waals surface area contributed by atoms with Gasteiger partial charge in [-0.2, -0.15) is 0 Å². The number of aromatic nitrogens is 2. The number of benzene rings is 2. The molecule has 1 saturated carbocycles. The van der Waals surface area contributed by atoms with Crippen LogP contribution < -0.4 is 4.74 Å². The van der Waals surface area contributed by atoms with E-state index in [0.717, 1.165) is 18.9 Å². The van der Waals surface area contributed by atoms with Crippen LogP contribution in [0.4, 0.5) is 8.78 Å². The minimum absolute atomic E-state index is 0.105. The zero-order valence-corrected chi connectivity index (χ0v) is 14.1. The lowest BCUT2D eigenvalue weighted by atomic mass is 10.0. The normalized spacial score (nSPS) is 13.8. The van der Waals surface area contributed by atoms with E-state index in [1.807, 2.05) is 0 Å². The van der Waals surface area contributed by atoms with Crippen LogP contribution >= 0.6 is 0 Å². The third kappa shape index (κ3) is 2.92. The number of Topliss-reactive ketones (excluding diaryl/α,β-unsaturated/α-hetero) is 1. The number of nitrogens with zero attached hydrogens (tertiary/aromatic N) is 2. The predicted molar refractivity (Wildman–Crippen MR) is 92.9 cm³/mol. The van der Waals surface area contributed by atoms with E-state index < -0.39 is 11.6 Å². The highest BCUT2D eigenvalue weighted by atomic mass is 19.2. The Kier molecular flexibility index (Phi) is 4.11. The molecule has 4 nitrogen and oxygen atoms in total. The van der Waals surface area contributed by atoms with E-state index in [0.29, 0.717) is 28.0 Å².